The SMILES string of the molecule is CCCCC/C=C\C/C=C\C/C=C\C/C=C\CCCCCC(=O)OC[C@@H](COC(=O)CCCCCCCCCCCC)OC(=O)CCCCCCCCCCCCCCCCCCC. The molecule has 0 heterocycles. The first-order valence-electron chi connectivity index (χ1n) is 27.6. The predicted molar refractivity (Wildman–Crippen MR) is 275 cm³/mol. The third kappa shape index (κ3) is 50.4. The van der Waals surface area contributed by atoms with Crippen LogP contribution in [0.3, 0.4) is 0 Å². The second kappa shape index (κ2) is 53.0. The zero-order chi connectivity index (χ0) is 46.5. The molecule has 64 heavy (non-hydrogen) atoms. The van der Waals surface area contributed by atoms with Crippen molar-refractivity contribution in [2.24, 2.45) is 0 Å². The third-order valence-corrected chi connectivity index (χ3v) is 12.1. The van der Waals surface area contributed by atoms with Crippen LogP contribution in [0, 0.1) is 0 Å². The van der Waals surface area contributed by atoms with Crippen molar-refractivity contribution < 1.29 is 28.6 Å². The fourth-order valence-electron chi connectivity index (χ4n) is 7.90. The maximum Gasteiger partial charge on any atom is 0.306 e. The fraction of sp³-hybridized carbons (Fsp3) is 0.810. The van der Waals surface area contributed by atoms with E-state index in [1.54, 1.807) is 0 Å². The van der Waals surface area contributed by atoms with Crippen LogP contribution in [-0.4, -0.2) is 37.2 Å². The quantitative estimate of drug-likeness (QED) is 0.0262. The van der Waals surface area contributed by atoms with Crippen molar-refractivity contribution in [1.29, 1.82) is 0 Å². The van der Waals surface area contributed by atoms with Gasteiger partial charge in [0.25, 0.3) is 0 Å². The first kappa shape index (κ1) is 61.4. The summed E-state index contributed by atoms with van der Waals surface area (Å²) in [5.74, 6) is -0.900. The second-order valence-electron chi connectivity index (χ2n) is 18.5. The fourth-order valence-corrected chi connectivity index (χ4v) is 7.90. The van der Waals surface area contributed by atoms with Gasteiger partial charge in [-0.25, -0.2) is 0 Å². The number of hydrogen-bond donors (Lipinski definition) is 0. The summed E-state index contributed by atoms with van der Waals surface area (Å²) in [6.45, 7) is 6.60. The van der Waals surface area contributed by atoms with Gasteiger partial charge in [0.2, 0.25) is 0 Å². The molecule has 372 valence electrons. The molecule has 0 aliphatic carbocycles. The molecule has 0 rings (SSSR count). The summed E-state index contributed by atoms with van der Waals surface area (Å²) < 4.78 is 16.8. The average molecular weight is 897 g/mol. The van der Waals surface area contributed by atoms with Gasteiger partial charge >= 0.3 is 17.9 Å². The van der Waals surface area contributed by atoms with Crippen LogP contribution in [0.4, 0.5) is 0 Å². The Bertz CT molecular complexity index is 1120. The molecule has 0 saturated carbocycles. The molecule has 0 aliphatic heterocycles. The normalized spacial score (nSPS) is 12.4. The highest BCUT2D eigenvalue weighted by Crippen LogP contribution is 2.16. The van der Waals surface area contributed by atoms with Gasteiger partial charge in [-0.3, -0.25) is 14.4 Å². The lowest BCUT2D eigenvalue weighted by atomic mass is 10.0. The van der Waals surface area contributed by atoms with Gasteiger partial charge in [0.15, 0.2) is 6.10 Å². The van der Waals surface area contributed by atoms with Crippen molar-refractivity contribution in [3.8, 4) is 0 Å². The van der Waals surface area contributed by atoms with Crippen LogP contribution < -0.4 is 0 Å². The van der Waals surface area contributed by atoms with Crippen molar-refractivity contribution >= 4 is 17.9 Å². The Morgan fingerprint density at radius 1 is 0.312 bits per heavy atom. The molecule has 0 bridgehead atoms. The van der Waals surface area contributed by atoms with E-state index in [-0.39, 0.29) is 31.1 Å². The summed E-state index contributed by atoms with van der Waals surface area (Å²) in [4.78, 5) is 38.0. The highest BCUT2D eigenvalue weighted by Gasteiger charge is 2.19. The smallest absolute Gasteiger partial charge is 0.306 e. The van der Waals surface area contributed by atoms with Crippen molar-refractivity contribution in [3.63, 3.8) is 0 Å². The van der Waals surface area contributed by atoms with E-state index >= 15 is 0 Å². The maximum absolute atomic E-state index is 12.8. The topological polar surface area (TPSA) is 78.9 Å². The minimum atomic E-state index is -0.781. The zero-order valence-corrected chi connectivity index (χ0v) is 42.6. The van der Waals surface area contributed by atoms with E-state index in [0.717, 1.165) is 83.5 Å². The zero-order valence-electron chi connectivity index (χ0n) is 42.6. The summed E-state index contributed by atoms with van der Waals surface area (Å²) in [6, 6.07) is 0. The number of esters is 3. The van der Waals surface area contributed by atoms with E-state index in [2.05, 4.69) is 69.4 Å². The van der Waals surface area contributed by atoms with Gasteiger partial charge < -0.3 is 14.2 Å². The van der Waals surface area contributed by atoms with Crippen LogP contribution in [0.2, 0.25) is 0 Å². The van der Waals surface area contributed by atoms with Crippen molar-refractivity contribution in [1.82, 2.24) is 0 Å². The van der Waals surface area contributed by atoms with Gasteiger partial charge in [-0.05, 0) is 64.2 Å². The highest BCUT2D eigenvalue weighted by molar-refractivity contribution is 5.71. The third-order valence-electron chi connectivity index (χ3n) is 12.1. The van der Waals surface area contributed by atoms with E-state index in [4.69, 9.17) is 14.2 Å². The van der Waals surface area contributed by atoms with Gasteiger partial charge in [-0.2, -0.15) is 0 Å². The lowest BCUT2D eigenvalue weighted by molar-refractivity contribution is -0.167. The number of rotatable bonds is 50. The molecular formula is C58H104O6. The van der Waals surface area contributed by atoms with Gasteiger partial charge in [-0.1, -0.05) is 249 Å². The molecule has 0 fully saturated rings. The number of carbonyl (C=O) groups excluding carboxylic acids is 3. The summed E-state index contributed by atoms with van der Waals surface area (Å²) >= 11 is 0. The average Bonchev–Trinajstić information content (AvgIpc) is 3.29. The van der Waals surface area contributed by atoms with Crippen molar-refractivity contribution in [2.45, 2.75) is 290 Å². The number of unbranched alkanes of at least 4 members (excludes halogenated alkanes) is 31. The van der Waals surface area contributed by atoms with Crippen LogP contribution in [0.25, 0.3) is 0 Å². The monoisotopic (exact) mass is 897 g/mol. The highest BCUT2D eigenvalue weighted by atomic mass is 16.6. The van der Waals surface area contributed by atoms with E-state index in [9.17, 15) is 14.4 Å². The van der Waals surface area contributed by atoms with Crippen LogP contribution in [0.1, 0.15) is 284 Å². The van der Waals surface area contributed by atoms with Crippen LogP contribution in [-0.2, 0) is 28.6 Å². The second-order valence-corrected chi connectivity index (χ2v) is 18.5. The first-order valence-corrected chi connectivity index (χ1v) is 27.6. The Labute approximate surface area is 397 Å². The van der Waals surface area contributed by atoms with Crippen LogP contribution in [0.15, 0.2) is 48.6 Å². The van der Waals surface area contributed by atoms with Gasteiger partial charge in [-0.15, -0.1) is 0 Å². The Balaban J connectivity index is 4.36. The lowest BCUT2D eigenvalue weighted by Crippen LogP contribution is -2.30. The summed E-state index contributed by atoms with van der Waals surface area (Å²) in [6.07, 6.45) is 63.8. The molecule has 0 spiro atoms. The van der Waals surface area contributed by atoms with E-state index in [1.165, 1.54) is 161 Å². The van der Waals surface area contributed by atoms with Gasteiger partial charge in [0.05, 0.1) is 0 Å². The molecule has 6 nitrogen and oxygen atoms in total. The van der Waals surface area contributed by atoms with Crippen molar-refractivity contribution in [2.75, 3.05) is 13.2 Å². The summed E-state index contributed by atoms with van der Waals surface area (Å²) in [5.41, 5.74) is 0. The predicted octanol–water partition coefficient (Wildman–Crippen LogP) is 18.3. The van der Waals surface area contributed by atoms with Crippen LogP contribution >= 0.6 is 0 Å². The maximum atomic E-state index is 12.8. The number of allylic oxidation sites excluding steroid dienone is 8. The molecule has 0 aromatic heterocycles. The molecule has 6 heteroatoms. The minimum Gasteiger partial charge on any atom is -0.462 e. The minimum absolute atomic E-state index is 0.0796. The molecule has 0 amide bonds. The summed E-state index contributed by atoms with van der Waals surface area (Å²) in [7, 11) is 0. The number of ether oxygens (including phenoxy) is 3. The molecule has 0 aromatic carbocycles. The Kier molecular flexibility index (Phi) is 50.8. The molecule has 0 N–H and O–H groups in total. The molecule has 0 unspecified atom stereocenters. The Hall–Kier alpha value is -2.63. The lowest BCUT2D eigenvalue weighted by Gasteiger charge is -2.18. The van der Waals surface area contributed by atoms with Gasteiger partial charge in [0.1, 0.15) is 13.2 Å². The van der Waals surface area contributed by atoms with E-state index in [1.807, 2.05) is 0 Å². The molecule has 0 aromatic rings. The standard InChI is InChI=1S/C58H104O6/c1-4-7-10-13-16-19-22-24-26-28-29-31-32-34-36-39-42-45-48-51-57(60)63-54-55(53-62-56(59)50-47-44-41-38-21-18-15-12-9-6-3)64-58(61)52-49-46-43-40-37-35-33-30-27-25-23-20-17-14-11-8-5-2/h16,19,24,26,29,31,34,36,55H,4-15,17-18,20-23,25,27-28,30,32-33,35,37-54H2,1-3H3/b19-16-,26-24-,31-29-,36-34-/t55-/m1/s1. The molecule has 0 aliphatic rings. The number of hydrogen-bond acceptors (Lipinski definition) is 6. The molecular weight excluding hydrogens is 793 g/mol. The summed E-state index contributed by atoms with van der Waals surface area (Å²) in [5, 5.41) is 0. The van der Waals surface area contributed by atoms with Gasteiger partial charge in [0, 0.05) is 19.3 Å². The van der Waals surface area contributed by atoms with E-state index < -0.39 is 6.10 Å². The molecule has 0 radical (unpaired) electrons. The van der Waals surface area contributed by atoms with E-state index in [0.29, 0.717) is 19.3 Å². The first-order chi connectivity index (χ1) is 31.5. The molecule has 1 atom stereocenters. The Morgan fingerprint density at radius 2 is 0.562 bits per heavy atom. The number of carbonyl (C=O) groups is 3. The largest absolute Gasteiger partial charge is 0.462 e. The van der Waals surface area contributed by atoms with Crippen LogP contribution in [0.5, 0.6) is 0 Å². The van der Waals surface area contributed by atoms with Crippen molar-refractivity contribution in [3.05, 3.63) is 48.6 Å². The Morgan fingerprint density at radius 3 is 0.906 bits per heavy atom. The molecule has 0 saturated heterocycles.